The first-order chi connectivity index (χ1) is 36.7. The largest absolute Gasteiger partial charge is 0.497 e. The molecule has 0 bridgehead atoms. The third-order valence-corrected chi connectivity index (χ3v) is 14.3. The van der Waals surface area contributed by atoms with Gasteiger partial charge in [0.1, 0.15) is 34.6 Å². The third kappa shape index (κ3) is 12.3. The lowest BCUT2D eigenvalue weighted by Gasteiger charge is -2.60. The highest BCUT2D eigenvalue weighted by atomic mass is 16.7. The molecule has 5 aromatic carbocycles. The minimum Gasteiger partial charge on any atom is -0.497 e. The number of allylic oxidation sites excluding steroid dienone is 1. The lowest BCUT2D eigenvalue weighted by Crippen LogP contribution is -2.70. The van der Waals surface area contributed by atoms with Crippen LogP contribution in [0.4, 0.5) is 16.2 Å². The van der Waals surface area contributed by atoms with Gasteiger partial charge in [0, 0.05) is 61.9 Å². The number of methoxy groups -OCH3 is 2. The molecule has 8 rings (SSSR count). The van der Waals surface area contributed by atoms with E-state index < -0.39 is 40.3 Å². The quantitative estimate of drug-likeness (QED) is 0.0195. The molecule has 1 saturated carbocycles. The number of hydrogen-bond acceptors (Lipinski definition) is 13. The summed E-state index contributed by atoms with van der Waals surface area (Å²) in [6.45, 7) is 10.0. The van der Waals surface area contributed by atoms with E-state index in [1.807, 2.05) is 69.3 Å². The SMILES string of the molecule is C=CCO[C@@]12Oc3ccc(OC(=O)Nc4ccc(OC)cc4OC)cc3[C@H]3[C@H](CCCCO)[C@@H](CCCCO)C=C(C(=NOC(C)(C)C)C[C@@H]1N(Cc1cccc4ccccc14)C(=O)C=Cc1ccc([N+](=O)[O-])cc1)[C@H]32. The predicted octanol–water partition coefficient (Wildman–Crippen LogP) is 11.6. The van der Waals surface area contributed by atoms with Crippen LogP contribution < -0.4 is 24.3 Å². The number of nitrogens with zero attached hydrogens (tertiary/aromatic N) is 3. The first-order valence-corrected chi connectivity index (χ1v) is 25.9. The number of unbranched alkanes of at least 4 members (excludes halogenated alkanes) is 2. The third-order valence-electron chi connectivity index (χ3n) is 14.3. The number of nitrogens with one attached hydrogen (secondary N) is 1. The highest BCUT2D eigenvalue weighted by Gasteiger charge is 2.65. The van der Waals surface area contributed by atoms with Crippen LogP contribution in [0, 0.1) is 27.9 Å². The van der Waals surface area contributed by atoms with Gasteiger partial charge in [-0.3, -0.25) is 20.2 Å². The van der Waals surface area contributed by atoms with E-state index >= 15 is 4.79 Å². The van der Waals surface area contributed by atoms with Crippen LogP contribution in [0.25, 0.3) is 16.8 Å². The zero-order valence-corrected chi connectivity index (χ0v) is 43.8. The molecule has 1 fully saturated rings. The fourth-order valence-electron chi connectivity index (χ4n) is 11.0. The van der Waals surface area contributed by atoms with Gasteiger partial charge in [-0.2, -0.15) is 0 Å². The molecule has 2 amide bonds. The van der Waals surface area contributed by atoms with Gasteiger partial charge in [0.2, 0.25) is 11.7 Å². The first-order valence-electron chi connectivity index (χ1n) is 25.9. The van der Waals surface area contributed by atoms with Crippen LogP contribution in [-0.4, -0.2) is 89.2 Å². The Morgan fingerprint density at radius 1 is 0.921 bits per heavy atom. The van der Waals surface area contributed by atoms with Crippen LogP contribution in [0.15, 0.2) is 139 Å². The molecule has 3 N–H and O–H groups in total. The summed E-state index contributed by atoms with van der Waals surface area (Å²) in [4.78, 5) is 48.5. The van der Waals surface area contributed by atoms with Gasteiger partial charge in [-0.25, -0.2) is 4.79 Å². The van der Waals surface area contributed by atoms with E-state index in [-0.39, 0.29) is 62.0 Å². The maximum atomic E-state index is 15.5. The van der Waals surface area contributed by atoms with Crippen LogP contribution in [0.2, 0.25) is 0 Å². The molecule has 0 aromatic heterocycles. The van der Waals surface area contributed by atoms with E-state index in [1.54, 1.807) is 59.5 Å². The van der Waals surface area contributed by atoms with Gasteiger partial charge >= 0.3 is 6.09 Å². The normalized spacial score (nSPS) is 21.2. The van der Waals surface area contributed by atoms with Crippen molar-refractivity contribution in [2.24, 2.45) is 22.9 Å². The zero-order chi connectivity index (χ0) is 54.0. The number of rotatable bonds is 22. The smallest absolute Gasteiger partial charge is 0.417 e. The topological polar surface area (TPSA) is 201 Å². The number of aliphatic hydroxyl groups is 2. The molecule has 6 atom stereocenters. The number of nitro benzene ring substituents is 1. The Morgan fingerprint density at radius 2 is 1.66 bits per heavy atom. The van der Waals surface area contributed by atoms with Crippen molar-refractivity contribution in [3.8, 4) is 23.0 Å². The number of carbonyl (C=O) groups excluding carboxylic acids is 2. The Bertz CT molecular complexity index is 2980. The van der Waals surface area contributed by atoms with Crippen molar-refractivity contribution in [2.75, 3.05) is 39.4 Å². The number of benzene rings is 5. The Kier molecular flexibility index (Phi) is 17.6. The van der Waals surface area contributed by atoms with Gasteiger partial charge in [-0.15, -0.1) is 6.58 Å². The fourth-order valence-corrected chi connectivity index (χ4v) is 11.0. The van der Waals surface area contributed by atoms with E-state index in [0.29, 0.717) is 59.9 Å². The van der Waals surface area contributed by atoms with Gasteiger partial charge < -0.3 is 43.6 Å². The number of hydrogen-bond donors (Lipinski definition) is 3. The van der Waals surface area contributed by atoms with Gasteiger partial charge in [0.05, 0.1) is 43.1 Å². The highest BCUT2D eigenvalue weighted by molar-refractivity contribution is 6.03. The van der Waals surface area contributed by atoms with E-state index in [0.717, 1.165) is 40.3 Å². The van der Waals surface area contributed by atoms with Crippen molar-refractivity contribution in [1.82, 2.24) is 4.90 Å². The van der Waals surface area contributed by atoms with Crippen LogP contribution in [-0.2, 0) is 20.9 Å². The number of carbonyl (C=O) groups is 2. The maximum Gasteiger partial charge on any atom is 0.417 e. The van der Waals surface area contributed by atoms with E-state index in [4.69, 9.17) is 33.7 Å². The van der Waals surface area contributed by atoms with Gasteiger partial charge in [-0.05, 0) is 134 Å². The molecule has 2 aliphatic carbocycles. The summed E-state index contributed by atoms with van der Waals surface area (Å²) < 4.78 is 31.7. The average Bonchev–Trinajstić information content (AvgIpc) is 3.61. The molecule has 0 radical (unpaired) electrons. The van der Waals surface area contributed by atoms with Crippen molar-refractivity contribution in [2.45, 2.75) is 95.6 Å². The van der Waals surface area contributed by atoms with Crippen LogP contribution in [0.1, 0.15) is 88.3 Å². The minimum atomic E-state index is -1.62. The van der Waals surface area contributed by atoms with E-state index in [9.17, 15) is 25.1 Å². The minimum absolute atomic E-state index is 0.0108. The molecule has 400 valence electrons. The van der Waals surface area contributed by atoms with Crippen molar-refractivity contribution >= 4 is 45.9 Å². The summed E-state index contributed by atoms with van der Waals surface area (Å²) in [5, 5.41) is 41.5. The van der Waals surface area contributed by atoms with Crippen LogP contribution in [0.5, 0.6) is 23.0 Å². The number of fused-ring (bicyclic) bond motifs is 3. The van der Waals surface area contributed by atoms with Crippen molar-refractivity contribution in [1.29, 1.82) is 0 Å². The molecule has 1 heterocycles. The van der Waals surface area contributed by atoms with E-state index in [2.05, 4.69) is 18.0 Å². The predicted molar refractivity (Wildman–Crippen MR) is 292 cm³/mol. The Hall–Kier alpha value is -7.53. The summed E-state index contributed by atoms with van der Waals surface area (Å²) in [7, 11) is 3.03. The zero-order valence-electron chi connectivity index (χ0n) is 43.8. The maximum absolute atomic E-state index is 15.5. The number of non-ortho nitro benzene ring substituents is 1. The number of amides is 2. The molecule has 16 nitrogen and oxygen atoms in total. The second kappa shape index (κ2) is 24.4. The van der Waals surface area contributed by atoms with Crippen LogP contribution >= 0.6 is 0 Å². The molecule has 16 heteroatoms. The molecule has 76 heavy (non-hydrogen) atoms. The van der Waals surface area contributed by atoms with Crippen LogP contribution in [0.3, 0.4) is 0 Å². The lowest BCUT2D eigenvalue weighted by molar-refractivity contribution is -0.384. The Morgan fingerprint density at radius 3 is 2.37 bits per heavy atom. The second-order valence-corrected chi connectivity index (χ2v) is 20.3. The second-order valence-electron chi connectivity index (χ2n) is 20.3. The molecule has 0 saturated heterocycles. The van der Waals surface area contributed by atoms with Crippen molar-refractivity contribution in [3.63, 3.8) is 0 Å². The van der Waals surface area contributed by atoms with Gasteiger partial charge in [0.25, 0.3) is 5.69 Å². The number of anilines is 1. The molecule has 5 aromatic rings. The Labute approximate surface area is 443 Å². The number of aliphatic hydroxyl groups excluding tert-OH is 2. The summed E-state index contributed by atoms with van der Waals surface area (Å²) in [6.07, 6.45) is 10.4. The standard InChI is InChI=1S/C60H68N4O12/c1-7-33-73-60-54(63(38-42-18-14-17-40-15-8-9-19-46(40)42)55(67)30-23-39-21-24-43(25-22-39)64(69)70)37-51(62-76-59(2,3)4)48-34-41(16-10-12-31-65)47(20-11-13-32-66)56(57(48)60)49-35-45(27-29-52(49)75-60)74-58(68)61-50-28-26-44(71-5)36-53(50)72-6/h7-9,14-15,17-19,21-30,34-36,41,47,54,56-57,65-66H,1,10-13,16,20,31-33,37-38H2,2-6H3,(H,61,68)/t41-,47+,54-,56+,57+,60+/m0/s1. The lowest BCUT2D eigenvalue weighted by atomic mass is 9.55. The first kappa shape index (κ1) is 54.7. The summed E-state index contributed by atoms with van der Waals surface area (Å²) in [5.74, 6) is -1.63. The van der Waals surface area contributed by atoms with E-state index in [1.165, 1.54) is 32.4 Å². The Balaban J connectivity index is 1.33. The number of nitro groups is 1. The van der Waals surface area contributed by atoms with Gasteiger partial charge in [0.15, 0.2) is 0 Å². The average molecular weight is 1040 g/mol. The van der Waals surface area contributed by atoms with Crippen molar-refractivity contribution < 1.29 is 53.2 Å². The molecule has 0 unspecified atom stereocenters. The number of ether oxygens (including phenoxy) is 5. The summed E-state index contributed by atoms with van der Waals surface area (Å²) in [6, 6.07) is 29.4. The van der Waals surface area contributed by atoms with Crippen molar-refractivity contribution in [3.05, 3.63) is 160 Å². The number of oxime groups is 1. The molecular formula is C60H68N4O12. The molecular weight excluding hydrogens is 969 g/mol. The highest BCUT2D eigenvalue weighted by Crippen LogP contribution is 2.62. The fraction of sp³-hybridized carbons (Fsp3) is 0.383. The summed E-state index contributed by atoms with van der Waals surface area (Å²) >= 11 is 0. The molecule has 1 aliphatic heterocycles. The molecule has 0 spiro atoms. The molecule has 3 aliphatic rings. The monoisotopic (exact) mass is 1040 g/mol. The summed E-state index contributed by atoms with van der Waals surface area (Å²) in [5.41, 5.74) is 3.24. The van der Waals surface area contributed by atoms with Gasteiger partial charge in [-0.1, -0.05) is 72.6 Å².